The Morgan fingerprint density at radius 2 is 1.61 bits per heavy atom. The largest absolute Gasteiger partial charge is 0.454 e. The van der Waals surface area contributed by atoms with Gasteiger partial charge in [0.2, 0.25) is 0 Å². The quantitative estimate of drug-likeness (QED) is 0.679. The summed E-state index contributed by atoms with van der Waals surface area (Å²) in [6.45, 7) is 0. The molecule has 2 aromatic carbocycles. The average molecular weight is 387 g/mol. The standard InChI is InChI=1S/C13H6Br2ClNO/c14-9-2-1-8(7-17)12(5-9)18-13-6-10(15)3-4-11(13)16/h1-6H. The normalized spacial score (nSPS) is 9.89. The molecule has 0 aliphatic heterocycles. The average Bonchev–Trinajstić information content (AvgIpc) is 2.34. The smallest absolute Gasteiger partial charge is 0.147 e. The number of hydrogen-bond acceptors (Lipinski definition) is 2. The van der Waals surface area contributed by atoms with Crippen molar-refractivity contribution in [3.63, 3.8) is 0 Å². The van der Waals surface area contributed by atoms with Crippen LogP contribution in [0, 0.1) is 11.3 Å². The molecule has 0 bridgehead atoms. The van der Waals surface area contributed by atoms with Gasteiger partial charge in [0.15, 0.2) is 0 Å². The molecule has 2 rings (SSSR count). The van der Waals surface area contributed by atoms with Gasteiger partial charge in [0.25, 0.3) is 0 Å². The zero-order valence-electron chi connectivity index (χ0n) is 8.95. The summed E-state index contributed by atoms with van der Waals surface area (Å²) in [5, 5.41) is 9.51. The number of rotatable bonds is 2. The SMILES string of the molecule is N#Cc1ccc(Br)cc1Oc1cc(Br)ccc1Cl. The molecule has 0 spiro atoms. The molecule has 2 aromatic rings. The zero-order valence-corrected chi connectivity index (χ0v) is 12.9. The highest BCUT2D eigenvalue weighted by molar-refractivity contribution is 9.10. The first-order valence-electron chi connectivity index (χ1n) is 4.92. The summed E-state index contributed by atoms with van der Waals surface area (Å²) in [6, 6.07) is 12.6. The maximum absolute atomic E-state index is 9.02. The summed E-state index contributed by atoms with van der Waals surface area (Å²) in [6.07, 6.45) is 0. The van der Waals surface area contributed by atoms with E-state index >= 15 is 0 Å². The Morgan fingerprint density at radius 1 is 1.00 bits per heavy atom. The number of nitrogens with zero attached hydrogens (tertiary/aromatic N) is 1. The van der Waals surface area contributed by atoms with Gasteiger partial charge in [-0.3, -0.25) is 0 Å². The van der Waals surface area contributed by atoms with Gasteiger partial charge in [0.05, 0.1) is 10.6 Å². The third kappa shape index (κ3) is 3.05. The van der Waals surface area contributed by atoms with Gasteiger partial charge >= 0.3 is 0 Å². The molecule has 5 heteroatoms. The molecule has 0 N–H and O–H groups in total. The first kappa shape index (κ1) is 13.4. The Hall–Kier alpha value is -1.02. The Bertz CT molecular complexity index is 637. The summed E-state index contributed by atoms with van der Waals surface area (Å²) < 4.78 is 7.37. The predicted octanol–water partition coefficient (Wildman–Crippen LogP) is 5.53. The summed E-state index contributed by atoms with van der Waals surface area (Å²) in [5.41, 5.74) is 0.453. The molecular formula is C13H6Br2ClNO. The first-order valence-corrected chi connectivity index (χ1v) is 6.89. The Labute approximate surface area is 126 Å². The van der Waals surface area contributed by atoms with Crippen molar-refractivity contribution in [3.8, 4) is 17.6 Å². The topological polar surface area (TPSA) is 33.0 Å². The van der Waals surface area contributed by atoms with Crippen LogP contribution in [0.4, 0.5) is 0 Å². The van der Waals surface area contributed by atoms with Crippen LogP contribution in [0.5, 0.6) is 11.5 Å². The van der Waals surface area contributed by atoms with Crippen LogP contribution >= 0.6 is 43.5 Å². The van der Waals surface area contributed by atoms with Crippen LogP contribution in [-0.2, 0) is 0 Å². The second-order valence-electron chi connectivity index (χ2n) is 3.43. The molecule has 0 aromatic heterocycles. The van der Waals surface area contributed by atoms with E-state index in [1.165, 1.54) is 0 Å². The second-order valence-corrected chi connectivity index (χ2v) is 5.67. The van der Waals surface area contributed by atoms with Crippen molar-refractivity contribution >= 4 is 43.5 Å². The molecule has 2 nitrogen and oxygen atoms in total. The minimum Gasteiger partial charge on any atom is -0.454 e. The van der Waals surface area contributed by atoms with E-state index in [0.717, 1.165) is 8.95 Å². The number of benzene rings is 2. The van der Waals surface area contributed by atoms with Crippen LogP contribution in [-0.4, -0.2) is 0 Å². The van der Waals surface area contributed by atoms with Gasteiger partial charge in [-0.1, -0.05) is 43.5 Å². The van der Waals surface area contributed by atoms with E-state index in [2.05, 4.69) is 37.9 Å². The number of nitriles is 1. The molecule has 0 aliphatic carbocycles. The van der Waals surface area contributed by atoms with Crippen molar-refractivity contribution in [1.82, 2.24) is 0 Å². The third-order valence-corrected chi connectivity index (χ3v) is 3.48. The van der Waals surface area contributed by atoms with Gasteiger partial charge in [0.1, 0.15) is 17.6 Å². The van der Waals surface area contributed by atoms with Crippen LogP contribution in [0.1, 0.15) is 5.56 Å². The lowest BCUT2D eigenvalue weighted by Gasteiger charge is -2.09. The molecule has 0 radical (unpaired) electrons. The Balaban J connectivity index is 2.43. The maximum atomic E-state index is 9.02. The third-order valence-electron chi connectivity index (χ3n) is 2.18. The van der Waals surface area contributed by atoms with E-state index in [4.69, 9.17) is 21.6 Å². The van der Waals surface area contributed by atoms with Gasteiger partial charge in [-0.2, -0.15) is 5.26 Å². The molecule has 90 valence electrons. The van der Waals surface area contributed by atoms with Crippen LogP contribution in [0.15, 0.2) is 45.3 Å². The lowest BCUT2D eigenvalue weighted by Crippen LogP contribution is -1.89. The van der Waals surface area contributed by atoms with Crippen LogP contribution in [0.3, 0.4) is 0 Å². The summed E-state index contributed by atoms with van der Waals surface area (Å²) in [4.78, 5) is 0. The summed E-state index contributed by atoms with van der Waals surface area (Å²) in [7, 11) is 0. The van der Waals surface area contributed by atoms with Gasteiger partial charge in [-0.25, -0.2) is 0 Å². The lowest BCUT2D eigenvalue weighted by molar-refractivity contribution is 0.480. The molecular weight excluding hydrogens is 381 g/mol. The van der Waals surface area contributed by atoms with Crippen LogP contribution in [0.2, 0.25) is 5.02 Å². The number of hydrogen-bond donors (Lipinski definition) is 0. The van der Waals surface area contributed by atoms with Gasteiger partial charge in [-0.05, 0) is 36.4 Å². The van der Waals surface area contributed by atoms with Gasteiger partial charge in [-0.15, -0.1) is 0 Å². The summed E-state index contributed by atoms with van der Waals surface area (Å²) >= 11 is 12.7. The molecule has 0 saturated heterocycles. The van der Waals surface area contributed by atoms with Gasteiger partial charge in [0, 0.05) is 8.95 Å². The van der Waals surface area contributed by atoms with E-state index in [1.54, 1.807) is 30.3 Å². The highest BCUT2D eigenvalue weighted by atomic mass is 79.9. The minimum atomic E-state index is 0.453. The number of ether oxygens (including phenoxy) is 1. The zero-order chi connectivity index (χ0) is 13.1. The first-order chi connectivity index (χ1) is 8.60. The fraction of sp³-hybridized carbons (Fsp3) is 0. The van der Waals surface area contributed by atoms with Crippen LogP contribution < -0.4 is 4.74 Å². The lowest BCUT2D eigenvalue weighted by atomic mass is 10.2. The van der Waals surface area contributed by atoms with Crippen molar-refractivity contribution in [3.05, 3.63) is 55.9 Å². The van der Waals surface area contributed by atoms with Crippen molar-refractivity contribution < 1.29 is 4.74 Å². The minimum absolute atomic E-state index is 0.453. The Kier molecular flexibility index (Phi) is 4.28. The van der Waals surface area contributed by atoms with E-state index in [9.17, 15) is 0 Å². The Morgan fingerprint density at radius 3 is 2.28 bits per heavy atom. The molecule has 0 aliphatic rings. The molecule has 0 heterocycles. The van der Waals surface area contributed by atoms with E-state index in [0.29, 0.717) is 22.1 Å². The van der Waals surface area contributed by atoms with Crippen molar-refractivity contribution in [1.29, 1.82) is 5.26 Å². The van der Waals surface area contributed by atoms with Crippen molar-refractivity contribution in [2.75, 3.05) is 0 Å². The molecule has 18 heavy (non-hydrogen) atoms. The predicted molar refractivity (Wildman–Crippen MR) is 78.1 cm³/mol. The molecule has 0 fully saturated rings. The van der Waals surface area contributed by atoms with E-state index in [1.807, 2.05) is 6.07 Å². The fourth-order valence-corrected chi connectivity index (χ4v) is 2.18. The van der Waals surface area contributed by atoms with Crippen molar-refractivity contribution in [2.45, 2.75) is 0 Å². The van der Waals surface area contributed by atoms with E-state index in [-0.39, 0.29) is 0 Å². The van der Waals surface area contributed by atoms with E-state index < -0.39 is 0 Å². The highest BCUT2D eigenvalue weighted by Gasteiger charge is 2.08. The molecule has 0 unspecified atom stereocenters. The highest BCUT2D eigenvalue weighted by Crippen LogP contribution is 2.34. The second kappa shape index (κ2) is 5.75. The molecule has 0 amide bonds. The van der Waals surface area contributed by atoms with Crippen molar-refractivity contribution in [2.24, 2.45) is 0 Å². The molecule has 0 saturated carbocycles. The van der Waals surface area contributed by atoms with Gasteiger partial charge < -0.3 is 4.74 Å². The maximum Gasteiger partial charge on any atom is 0.147 e. The molecule has 0 atom stereocenters. The number of halogens is 3. The fourth-order valence-electron chi connectivity index (χ4n) is 1.35. The monoisotopic (exact) mass is 385 g/mol. The van der Waals surface area contributed by atoms with Crippen LogP contribution in [0.25, 0.3) is 0 Å². The summed E-state index contributed by atoms with van der Waals surface area (Å²) in [5.74, 6) is 0.965.